The molecule has 3 aromatic heterocycles. The fraction of sp³-hybridized carbons (Fsp3) is 0.0667. The molecule has 230 valence electrons. The van der Waals surface area contributed by atoms with Gasteiger partial charge in [0.05, 0.1) is 0 Å². The predicted molar refractivity (Wildman–Crippen MR) is 214 cm³/mol. The average molecular weight is 633 g/mol. The molecule has 5 heteroatoms. The number of nitrogens with zero attached hydrogens (tertiary/aromatic N) is 3. The summed E-state index contributed by atoms with van der Waals surface area (Å²) in [7, 11) is 0. The summed E-state index contributed by atoms with van der Waals surface area (Å²) in [5.41, 5.74) is 21.8. The van der Waals surface area contributed by atoms with E-state index in [9.17, 15) is 0 Å². The van der Waals surface area contributed by atoms with Gasteiger partial charge in [0.25, 0.3) is 0 Å². The Hall–Kier alpha value is -5.93. The predicted octanol–water partition coefficient (Wildman–Crippen LogP) is 8.66. The van der Waals surface area contributed by atoms with Crippen LogP contribution in [-0.2, 0) is 0 Å². The Morgan fingerprint density at radius 1 is 0.420 bits per heavy atom. The van der Waals surface area contributed by atoms with E-state index in [0.717, 1.165) is 0 Å². The van der Waals surface area contributed by atoms with Crippen LogP contribution in [0.25, 0.3) is 87.7 Å². The van der Waals surface area contributed by atoms with Crippen LogP contribution in [0.4, 0.5) is 0 Å². The fourth-order valence-electron chi connectivity index (χ4n) is 11.0. The van der Waals surface area contributed by atoms with Gasteiger partial charge in [0.15, 0.2) is 0 Å². The van der Waals surface area contributed by atoms with E-state index in [4.69, 9.17) is 0 Å². The molecule has 0 N–H and O–H groups in total. The van der Waals surface area contributed by atoms with E-state index in [2.05, 4.69) is 156 Å². The molecule has 0 saturated carbocycles. The molecule has 0 radical (unpaired) electrons. The van der Waals surface area contributed by atoms with Gasteiger partial charge < -0.3 is 13.4 Å². The van der Waals surface area contributed by atoms with Gasteiger partial charge in [-0.25, -0.2) is 0 Å². The highest BCUT2D eigenvalue weighted by Crippen LogP contribution is 2.50. The summed E-state index contributed by atoms with van der Waals surface area (Å²) >= 11 is 0. The van der Waals surface area contributed by atoms with Gasteiger partial charge in [-0.1, -0.05) is 114 Å². The van der Waals surface area contributed by atoms with Gasteiger partial charge in [0.1, 0.15) is 0 Å². The minimum absolute atomic E-state index is 0.0160. The molecule has 0 fully saturated rings. The number of aryl methyl sites for hydroxylation is 3. The second-order valence-electron chi connectivity index (χ2n) is 15.0. The summed E-state index contributed by atoms with van der Waals surface area (Å²) in [6.45, 7) is 6.90. The third-order valence-electron chi connectivity index (χ3n) is 12.5. The van der Waals surface area contributed by atoms with Crippen LogP contribution in [-0.4, -0.2) is 27.3 Å². The van der Waals surface area contributed by atoms with E-state index in [1.54, 1.807) is 0 Å². The quantitative estimate of drug-likeness (QED) is 0.161. The van der Waals surface area contributed by atoms with Crippen molar-refractivity contribution in [2.24, 2.45) is 0 Å². The Balaban J connectivity index is 1.35. The number of hydrogen-bond donors (Lipinski definition) is 0. The van der Waals surface area contributed by atoms with Gasteiger partial charge in [0, 0.05) is 82.1 Å². The minimum atomic E-state index is -0.0160. The SMILES string of the molecule is Cc1cc(C)c(B2c3ccc4c5ccccc5n5c4c3-c3c4c(cc6c7ccccc7n2c36)-c2cccc3c6ccccc6n(c23)B45)c(C)c1. The first-order chi connectivity index (χ1) is 24.6. The lowest BCUT2D eigenvalue weighted by molar-refractivity contribution is 1.18. The van der Waals surface area contributed by atoms with Gasteiger partial charge >= 0.3 is 13.8 Å². The van der Waals surface area contributed by atoms with Crippen LogP contribution in [0.15, 0.2) is 121 Å². The van der Waals surface area contributed by atoms with Crippen LogP contribution in [0.3, 0.4) is 0 Å². The molecule has 3 nitrogen and oxygen atoms in total. The van der Waals surface area contributed by atoms with Crippen molar-refractivity contribution < 1.29 is 0 Å². The average Bonchev–Trinajstić information content (AvgIpc) is 3.77. The van der Waals surface area contributed by atoms with Gasteiger partial charge in [-0.05, 0) is 67.0 Å². The largest absolute Gasteiger partial charge is 0.422 e. The minimum Gasteiger partial charge on any atom is -0.375 e. The van der Waals surface area contributed by atoms with E-state index in [1.165, 1.54) is 121 Å². The number of para-hydroxylation sites is 4. The van der Waals surface area contributed by atoms with Crippen molar-refractivity contribution >= 4 is 95.6 Å². The van der Waals surface area contributed by atoms with E-state index >= 15 is 0 Å². The highest BCUT2D eigenvalue weighted by Gasteiger charge is 2.47. The summed E-state index contributed by atoms with van der Waals surface area (Å²) in [5.74, 6) is 0. The fourth-order valence-corrected chi connectivity index (χ4v) is 11.0. The second kappa shape index (κ2) is 8.43. The smallest absolute Gasteiger partial charge is 0.375 e. The van der Waals surface area contributed by atoms with Crippen LogP contribution in [0.1, 0.15) is 16.7 Å². The lowest BCUT2D eigenvalue weighted by Gasteiger charge is -2.39. The molecule has 0 atom stereocenters. The molecule has 10 aromatic rings. The first-order valence-corrected chi connectivity index (χ1v) is 17.9. The number of fused-ring (bicyclic) bond motifs is 12. The molecule has 0 unspecified atom stereocenters. The molecule has 13 rings (SSSR count). The standard InChI is InChI=1S/C45H29B2N3/c1-24-21-25(2)41(26(3)22-24)46-35-20-19-32-28-12-5-9-18-38(28)50-44(32)39(35)40-42-33(23-34-29-13-6-7-16-36(29)48(46)45(34)40)31-15-10-14-30-27-11-4-8-17-37(27)49(43(30)31)47(42)50/h4-23H,1-3H3. The molecule has 0 aliphatic carbocycles. The number of aromatic nitrogens is 3. The highest BCUT2D eigenvalue weighted by molar-refractivity contribution is 6.89. The zero-order chi connectivity index (χ0) is 32.7. The molecule has 7 aromatic carbocycles. The lowest BCUT2D eigenvalue weighted by atomic mass is 9.44. The molecule has 3 aliphatic heterocycles. The summed E-state index contributed by atoms with van der Waals surface area (Å²) < 4.78 is 8.12. The van der Waals surface area contributed by atoms with E-state index in [1.807, 2.05) is 0 Å². The van der Waals surface area contributed by atoms with Crippen molar-refractivity contribution in [2.45, 2.75) is 20.8 Å². The molecule has 0 spiro atoms. The molecule has 50 heavy (non-hydrogen) atoms. The summed E-state index contributed by atoms with van der Waals surface area (Å²) in [6, 6.07) is 46.5. The number of rotatable bonds is 1. The van der Waals surface area contributed by atoms with E-state index < -0.39 is 0 Å². The normalized spacial score (nSPS) is 13.8. The first kappa shape index (κ1) is 26.0. The topological polar surface area (TPSA) is 14.8 Å². The van der Waals surface area contributed by atoms with Crippen molar-refractivity contribution in [3.63, 3.8) is 0 Å². The van der Waals surface area contributed by atoms with Crippen LogP contribution in [0.5, 0.6) is 0 Å². The third kappa shape index (κ3) is 2.70. The number of hydrogen-bond acceptors (Lipinski definition) is 0. The molecule has 6 heterocycles. The van der Waals surface area contributed by atoms with Crippen LogP contribution < -0.4 is 16.4 Å². The second-order valence-corrected chi connectivity index (χ2v) is 15.0. The molecule has 3 aliphatic rings. The monoisotopic (exact) mass is 633 g/mol. The Morgan fingerprint density at radius 3 is 1.68 bits per heavy atom. The van der Waals surface area contributed by atoms with Crippen LogP contribution in [0, 0.1) is 20.8 Å². The Kier molecular flexibility index (Phi) is 4.39. The Bertz CT molecular complexity index is 3240. The van der Waals surface area contributed by atoms with Crippen LogP contribution >= 0.6 is 0 Å². The summed E-state index contributed by atoms with van der Waals surface area (Å²) in [4.78, 5) is 0. The van der Waals surface area contributed by atoms with Gasteiger partial charge in [-0.3, -0.25) is 0 Å². The van der Waals surface area contributed by atoms with Crippen molar-refractivity contribution in [1.82, 2.24) is 13.4 Å². The van der Waals surface area contributed by atoms with Crippen molar-refractivity contribution in [2.75, 3.05) is 0 Å². The van der Waals surface area contributed by atoms with Gasteiger partial charge in [0.2, 0.25) is 0 Å². The molecular formula is C45H29B2N3. The Labute approximate surface area is 289 Å². The molecular weight excluding hydrogens is 604 g/mol. The summed E-state index contributed by atoms with van der Waals surface area (Å²) in [5, 5.41) is 8.01. The number of benzene rings is 7. The maximum atomic E-state index is 2.72. The van der Waals surface area contributed by atoms with Crippen LogP contribution in [0.2, 0.25) is 0 Å². The van der Waals surface area contributed by atoms with Gasteiger partial charge in [-0.15, -0.1) is 0 Å². The maximum Gasteiger partial charge on any atom is 0.422 e. The highest BCUT2D eigenvalue weighted by atomic mass is 15.1. The van der Waals surface area contributed by atoms with Gasteiger partial charge in [-0.2, -0.15) is 0 Å². The van der Waals surface area contributed by atoms with Crippen molar-refractivity contribution in [3.05, 3.63) is 138 Å². The van der Waals surface area contributed by atoms with E-state index in [0.29, 0.717) is 0 Å². The van der Waals surface area contributed by atoms with Crippen molar-refractivity contribution in [3.8, 4) is 22.3 Å². The third-order valence-corrected chi connectivity index (χ3v) is 12.5. The first-order valence-electron chi connectivity index (χ1n) is 17.9. The lowest BCUT2D eigenvalue weighted by Crippen LogP contribution is -2.57. The molecule has 0 saturated heterocycles. The zero-order valence-corrected chi connectivity index (χ0v) is 28.0. The summed E-state index contributed by atoms with van der Waals surface area (Å²) in [6.07, 6.45) is 0. The maximum absolute atomic E-state index is 2.72. The van der Waals surface area contributed by atoms with E-state index in [-0.39, 0.29) is 13.8 Å². The molecule has 0 amide bonds. The molecule has 0 bridgehead atoms. The Morgan fingerprint density at radius 2 is 0.980 bits per heavy atom. The van der Waals surface area contributed by atoms with Crippen molar-refractivity contribution in [1.29, 1.82) is 0 Å². The zero-order valence-electron chi connectivity index (χ0n) is 28.0.